The molecule has 0 radical (unpaired) electrons. The molecule has 20 heavy (non-hydrogen) atoms. The molecule has 1 atom stereocenters. The van der Waals surface area contributed by atoms with Crippen LogP contribution in [0.15, 0.2) is 30.6 Å². The van der Waals surface area contributed by atoms with Gasteiger partial charge in [-0.15, -0.1) is 0 Å². The van der Waals surface area contributed by atoms with Crippen molar-refractivity contribution in [3.8, 4) is 11.5 Å². The second kappa shape index (κ2) is 6.43. The number of ether oxygens (including phenoxy) is 2. The maximum atomic E-state index is 5.86. The fraction of sp³-hybridized carbons (Fsp3) is 0.400. The van der Waals surface area contributed by atoms with E-state index in [1.54, 1.807) is 7.11 Å². The van der Waals surface area contributed by atoms with E-state index in [-0.39, 0.29) is 6.04 Å². The van der Waals surface area contributed by atoms with E-state index in [0.29, 0.717) is 18.1 Å². The van der Waals surface area contributed by atoms with Crippen LogP contribution in [0.3, 0.4) is 0 Å². The Morgan fingerprint density at radius 2 is 2.15 bits per heavy atom. The number of nitrogens with two attached hydrogens (primary N) is 1. The minimum Gasteiger partial charge on any atom is -0.493 e. The average molecular weight is 275 g/mol. The largest absolute Gasteiger partial charge is 0.493 e. The van der Waals surface area contributed by atoms with Crippen molar-refractivity contribution in [3.63, 3.8) is 0 Å². The molecule has 0 saturated carbocycles. The van der Waals surface area contributed by atoms with Crippen LogP contribution < -0.4 is 15.2 Å². The first-order valence-electron chi connectivity index (χ1n) is 6.71. The summed E-state index contributed by atoms with van der Waals surface area (Å²) < 4.78 is 13.0. The van der Waals surface area contributed by atoms with Crippen molar-refractivity contribution in [2.75, 3.05) is 7.11 Å². The molecule has 1 heterocycles. The monoisotopic (exact) mass is 275 g/mol. The fourth-order valence-corrected chi connectivity index (χ4v) is 1.90. The predicted molar refractivity (Wildman–Crippen MR) is 77.8 cm³/mol. The number of benzene rings is 1. The van der Waals surface area contributed by atoms with E-state index in [9.17, 15) is 0 Å². The average Bonchev–Trinajstić information content (AvgIpc) is 2.92. The van der Waals surface area contributed by atoms with Crippen molar-refractivity contribution in [1.29, 1.82) is 0 Å². The lowest BCUT2D eigenvalue weighted by atomic mass is 10.1. The molecule has 1 aromatic heterocycles. The van der Waals surface area contributed by atoms with Gasteiger partial charge in [-0.3, -0.25) is 4.68 Å². The highest BCUT2D eigenvalue weighted by Crippen LogP contribution is 2.30. The zero-order valence-corrected chi connectivity index (χ0v) is 12.2. The highest BCUT2D eigenvalue weighted by molar-refractivity contribution is 5.43. The summed E-state index contributed by atoms with van der Waals surface area (Å²) >= 11 is 0. The molecule has 0 aliphatic heterocycles. The number of nitrogens with zero attached hydrogens (tertiary/aromatic N) is 2. The quantitative estimate of drug-likeness (QED) is 0.880. The molecule has 108 valence electrons. The minimum atomic E-state index is -0.0271. The summed E-state index contributed by atoms with van der Waals surface area (Å²) in [6, 6.07) is 5.73. The van der Waals surface area contributed by atoms with Crippen LogP contribution in [-0.4, -0.2) is 16.9 Å². The Kier molecular flexibility index (Phi) is 4.63. The number of methoxy groups -OCH3 is 1. The summed E-state index contributed by atoms with van der Waals surface area (Å²) in [4.78, 5) is 0. The van der Waals surface area contributed by atoms with Crippen LogP contribution in [0.5, 0.6) is 11.5 Å². The molecule has 5 heteroatoms. The van der Waals surface area contributed by atoms with Crippen molar-refractivity contribution < 1.29 is 9.47 Å². The molecule has 2 N–H and O–H groups in total. The van der Waals surface area contributed by atoms with Gasteiger partial charge in [0.15, 0.2) is 11.5 Å². The van der Waals surface area contributed by atoms with Gasteiger partial charge in [-0.05, 0) is 31.5 Å². The molecule has 0 aliphatic carbocycles. The van der Waals surface area contributed by atoms with Crippen LogP contribution in [0.2, 0.25) is 0 Å². The number of rotatable bonds is 6. The van der Waals surface area contributed by atoms with Crippen molar-refractivity contribution in [2.24, 2.45) is 5.73 Å². The van der Waals surface area contributed by atoms with Gasteiger partial charge < -0.3 is 15.2 Å². The van der Waals surface area contributed by atoms with Crippen molar-refractivity contribution in [1.82, 2.24) is 9.78 Å². The number of hydrogen-bond donors (Lipinski definition) is 1. The maximum absolute atomic E-state index is 5.86. The normalized spacial score (nSPS) is 12.2. The number of aryl methyl sites for hydroxylation is 1. The zero-order valence-electron chi connectivity index (χ0n) is 12.2. The van der Waals surface area contributed by atoms with E-state index in [1.807, 2.05) is 49.1 Å². The van der Waals surface area contributed by atoms with Crippen LogP contribution in [-0.2, 0) is 13.2 Å². The molecule has 1 aromatic carbocycles. The summed E-state index contributed by atoms with van der Waals surface area (Å²) in [5.74, 6) is 1.41. The summed E-state index contributed by atoms with van der Waals surface area (Å²) in [5, 5.41) is 4.22. The third-order valence-electron chi connectivity index (χ3n) is 3.12. The Balaban J connectivity index is 2.08. The highest BCUT2D eigenvalue weighted by atomic mass is 16.5. The summed E-state index contributed by atoms with van der Waals surface area (Å²) in [7, 11) is 1.63. The Bertz CT molecular complexity index is 564. The maximum Gasteiger partial charge on any atom is 0.161 e. The van der Waals surface area contributed by atoms with E-state index in [2.05, 4.69) is 5.10 Å². The van der Waals surface area contributed by atoms with Crippen molar-refractivity contribution in [3.05, 3.63) is 41.7 Å². The van der Waals surface area contributed by atoms with Crippen LogP contribution in [0.4, 0.5) is 0 Å². The Morgan fingerprint density at radius 1 is 1.35 bits per heavy atom. The summed E-state index contributed by atoms with van der Waals surface area (Å²) in [6.07, 6.45) is 3.79. The second-order valence-corrected chi connectivity index (χ2v) is 4.69. The molecule has 0 spiro atoms. The molecular weight excluding hydrogens is 254 g/mol. The van der Waals surface area contributed by atoms with Crippen LogP contribution in [0, 0.1) is 0 Å². The molecule has 0 amide bonds. The molecule has 0 aliphatic rings. The van der Waals surface area contributed by atoms with Gasteiger partial charge in [-0.2, -0.15) is 5.10 Å². The topological polar surface area (TPSA) is 62.3 Å². The van der Waals surface area contributed by atoms with Crippen molar-refractivity contribution >= 4 is 0 Å². The fourth-order valence-electron chi connectivity index (χ4n) is 1.90. The first-order valence-corrected chi connectivity index (χ1v) is 6.71. The van der Waals surface area contributed by atoms with Gasteiger partial charge in [0.25, 0.3) is 0 Å². The van der Waals surface area contributed by atoms with Gasteiger partial charge in [0.2, 0.25) is 0 Å². The van der Waals surface area contributed by atoms with E-state index >= 15 is 0 Å². The lowest BCUT2D eigenvalue weighted by molar-refractivity contribution is 0.284. The summed E-state index contributed by atoms with van der Waals surface area (Å²) in [5.41, 5.74) is 7.92. The molecule has 2 rings (SSSR count). The van der Waals surface area contributed by atoms with Gasteiger partial charge in [0.1, 0.15) is 6.61 Å². The number of hydrogen-bond acceptors (Lipinski definition) is 4. The molecule has 0 saturated heterocycles. The van der Waals surface area contributed by atoms with E-state index in [4.69, 9.17) is 15.2 Å². The SMILES string of the molecule is CCn1cc(COc2ccc([C@H](C)N)cc2OC)cn1. The standard InChI is InChI=1S/C15H21N3O2/c1-4-18-9-12(8-17-18)10-20-14-6-5-13(11(2)16)7-15(14)19-3/h5-9,11H,4,10,16H2,1-3H3/t11-/m0/s1. The van der Waals surface area contributed by atoms with E-state index in [0.717, 1.165) is 17.7 Å². The molecule has 0 bridgehead atoms. The zero-order chi connectivity index (χ0) is 14.5. The van der Waals surface area contributed by atoms with Gasteiger partial charge in [-0.1, -0.05) is 6.07 Å². The van der Waals surface area contributed by atoms with Gasteiger partial charge >= 0.3 is 0 Å². The smallest absolute Gasteiger partial charge is 0.161 e. The highest BCUT2D eigenvalue weighted by Gasteiger charge is 2.09. The van der Waals surface area contributed by atoms with E-state index in [1.165, 1.54) is 0 Å². The molecular formula is C15H21N3O2. The third-order valence-corrected chi connectivity index (χ3v) is 3.12. The minimum absolute atomic E-state index is 0.0271. The van der Waals surface area contributed by atoms with Crippen LogP contribution in [0.1, 0.15) is 31.0 Å². The second-order valence-electron chi connectivity index (χ2n) is 4.69. The third kappa shape index (κ3) is 3.30. The summed E-state index contributed by atoms with van der Waals surface area (Å²) in [6.45, 7) is 5.31. The van der Waals surface area contributed by atoms with Gasteiger partial charge in [0.05, 0.1) is 13.3 Å². The predicted octanol–water partition coefficient (Wildman–Crippen LogP) is 2.51. The van der Waals surface area contributed by atoms with Gasteiger partial charge in [0, 0.05) is 24.3 Å². The molecule has 5 nitrogen and oxygen atoms in total. The Morgan fingerprint density at radius 3 is 2.75 bits per heavy atom. The van der Waals surface area contributed by atoms with Gasteiger partial charge in [-0.25, -0.2) is 0 Å². The molecule has 2 aromatic rings. The van der Waals surface area contributed by atoms with E-state index < -0.39 is 0 Å². The van der Waals surface area contributed by atoms with Crippen molar-refractivity contribution in [2.45, 2.75) is 33.0 Å². The lowest BCUT2D eigenvalue weighted by Crippen LogP contribution is -2.05. The number of aromatic nitrogens is 2. The molecule has 0 fully saturated rings. The van der Waals surface area contributed by atoms with Crippen LogP contribution >= 0.6 is 0 Å². The molecule has 0 unspecified atom stereocenters. The first kappa shape index (κ1) is 14.4. The lowest BCUT2D eigenvalue weighted by Gasteiger charge is -2.13. The Hall–Kier alpha value is -2.01. The van der Waals surface area contributed by atoms with Crippen LogP contribution in [0.25, 0.3) is 0 Å². The first-order chi connectivity index (χ1) is 9.63. The Labute approximate surface area is 119 Å².